The Balaban J connectivity index is 2.65. The van der Waals surface area contributed by atoms with Gasteiger partial charge < -0.3 is 9.57 Å². The third-order valence-corrected chi connectivity index (χ3v) is 5.01. The maximum absolute atomic E-state index is 13.3. The Kier molecular flexibility index (Phi) is 6.80. The Bertz CT molecular complexity index is 1090. The van der Waals surface area contributed by atoms with Crippen molar-refractivity contribution in [2.24, 2.45) is 10.8 Å². The molecule has 0 radical (unpaired) electrons. The number of carbonyl (C=O) groups is 3. The highest BCUT2D eigenvalue weighted by Gasteiger charge is 2.41. The summed E-state index contributed by atoms with van der Waals surface area (Å²) in [5.74, 6) is -1.73. The molecule has 0 unspecified atom stereocenters. The molecule has 2 rings (SSSR count). The predicted octanol–water partition coefficient (Wildman–Crippen LogP) is 3.62. The van der Waals surface area contributed by atoms with Crippen molar-refractivity contribution < 1.29 is 32.4 Å². The highest BCUT2D eigenvalue weighted by molar-refractivity contribution is 7.92. The second kappa shape index (κ2) is 8.57. The minimum atomic E-state index is -3.58. The first-order chi connectivity index (χ1) is 14.5. The van der Waals surface area contributed by atoms with Gasteiger partial charge in [0.15, 0.2) is 0 Å². The molecular formula is C22H30N2O7S. The van der Waals surface area contributed by atoms with Crippen molar-refractivity contribution in [2.75, 3.05) is 16.0 Å². The van der Waals surface area contributed by atoms with Crippen LogP contribution in [0.25, 0.3) is 5.57 Å². The van der Waals surface area contributed by atoms with Crippen molar-refractivity contribution in [1.29, 1.82) is 0 Å². The lowest BCUT2D eigenvalue weighted by Gasteiger charge is -2.22. The van der Waals surface area contributed by atoms with Crippen LogP contribution in [0.15, 0.2) is 24.0 Å². The highest BCUT2D eigenvalue weighted by Crippen LogP contribution is 2.42. The Morgan fingerprint density at radius 1 is 1.03 bits per heavy atom. The van der Waals surface area contributed by atoms with Gasteiger partial charge in [-0.3, -0.25) is 14.3 Å². The number of sulfonamides is 1. The molecule has 0 aliphatic carbocycles. The van der Waals surface area contributed by atoms with E-state index in [1.54, 1.807) is 48.5 Å². The number of fused-ring (bicyclic) bond motifs is 1. The Morgan fingerprint density at radius 3 is 2.06 bits per heavy atom. The fourth-order valence-electron chi connectivity index (χ4n) is 2.66. The van der Waals surface area contributed by atoms with Crippen LogP contribution in [0, 0.1) is 10.8 Å². The molecule has 0 atom stereocenters. The van der Waals surface area contributed by atoms with E-state index in [1.165, 1.54) is 18.2 Å². The van der Waals surface area contributed by atoms with Gasteiger partial charge in [-0.2, -0.15) is 0 Å². The summed E-state index contributed by atoms with van der Waals surface area (Å²) >= 11 is 0. The molecule has 1 aromatic carbocycles. The molecule has 1 heterocycles. The Hall–Kier alpha value is -2.88. The van der Waals surface area contributed by atoms with Crippen LogP contribution in [0.4, 0.5) is 11.4 Å². The zero-order chi connectivity index (χ0) is 24.6. The molecule has 9 nitrogen and oxygen atoms in total. The second-order valence-corrected chi connectivity index (χ2v) is 11.4. The number of anilines is 2. The topological polar surface area (TPSA) is 119 Å². The molecule has 0 fully saturated rings. The van der Waals surface area contributed by atoms with Crippen molar-refractivity contribution >= 4 is 44.8 Å². The first kappa shape index (κ1) is 25.4. The summed E-state index contributed by atoms with van der Waals surface area (Å²) in [7, 11) is -3.58. The molecule has 1 amide bonds. The molecule has 1 aromatic rings. The van der Waals surface area contributed by atoms with Gasteiger partial charge in [0.05, 0.1) is 34.0 Å². The second-order valence-electron chi connectivity index (χ2n) is 9.63. The fraction of sp³-hybridized carbons (Fsp3) is 0.500. The number of hydrogen-bond donors (Lipinski definition) is 1. The lowest BCUT2D eigenvalue weighted by molar-refractivity contribution is -0.157. The molecule has 1 aliphatic rings. The van der Waals surface area contributed by atoms with Gasteiger partial charge in [0.25, 0.3) is 5.91 Å². The lowest BCUT2D eigenvalue weighted by atomic mass is 9.97. The van der Waals surface area contributed by atoms with E-state index in [4.69, 9.17) is 9.57 Å². The average Bonchev–Trinajstić information content (AvgIpc) is 2.88. The molecule has 0 saturated carbocycles. The summed E-state index contributed by atoms with van der Waals surface area (Å²) in [6.07, 6.45) is 1.22. The number of amides is 1. The van der Waals surface area contributed by atoms with Crippen molar-refractivity contribution in [3.63, 3.8) is 0 Å². The zero-order valence-electron chi connectivity index (χ0n) is 19.7. The highest BCUT2D eigenvalue weighted by atomic mass is 32.2. The van der Waals surface area contributed by atoms with E-state index in [2.05, 4.69) is 4.72 Å². The molecule has 0 bridgehead atoms. The van der Waals surface area contributed by atoms with Gasteiger partial charge >= 0.3 is 11.9 Å². The quantitative estimate of drug-likeness (QED) is 0.400. The first-order valence-corrected chi connectivity index (χ1v) is 12.0. The van der Waals surface area contributed by atoms with Crippen molar-refractivity contribution in [1.82, 2.24) is 0 Å². The van der Waals surface area contributed by atoms with Crippen LogP contribution in [-0.2, 0) is 34.0 Å². The largest absolute Gasteiger partial charge is 0.430 e. The zero-order valence-corrected chi connectivity index (χ0v) is 20.5. The van der Waals surface area contributed by atoms with E-state index in [0.717, 1.165) is 11.3 Å². The van der Waals surface area contributed by atoms with Crippen LogP contribution in [-0.4, -0.2) is 32.5 Å². The van der Waals surface area contributed by atoms with Crippen LogP contribution in [0.1, 0.15) is 60.5 Å². The minimum Gasteiger partial charge on any atom is -0.430 e. The summed E-state index contributed by atoms with van der Waals surface area (Å²) in [5.41, 5.74) is -0.924. The number of nitrogens with zero attached hydrogens (tertiary/aromatic N) is 1. The summed E-state index contributed by atoms with van der Waals surface area (Å²) in [4.78, 5) is 43.7. The number of allylic oxidation sites excluding steroid dienone is 1. The van der Waals surface area contributed by atoms with E-state index in [9.17, 15) is 22.8 Å². The van der Waals surface area contributed by atoms with Crippen molar-refractivity contribution in [3.05, 3.63) is 29.5 Å². The first-order valence-electron chi connectivity index (χ1n) is 10.1. The molecular weight excluding hydrogens is 436 g/mol. The number of nitrogens with one attached hydrogen (secondary N) is 1. The number of ether oxygens (including phenoxy) is 1. The van der Waals surface area contributed by atoms with Crippen LogP contribution < -0.4 is 9.79 Å². The molecule has 1 N–H and O–H groups in total. The SMILES string of the molecule is CC/C(OC(=O)C(C)(C)C)=C1/C(=O)N(OC(=O)C(C)(C)C)c2cc(NS(C)(=O)=O)ccc21. The number of rotatable bonds is 5. The van der Waals surface area contributed by atoms with Gasteiger partial charge in [-0.1, -0.05) is 6.92 Å². The van der Waals surface area contributed by atoms with Crippen LogP contribution in [0.2, 0.25) is 0 Å². The maximum Gasteiger partial charge on any atom is 0.338 e. The summed E-state index contributed by atoms with van der Waals surface area (Å²) < 4.78 is 31.2. The molecule has 0 saturated heterocycles. The third kappa shape index (κ3) is 5.67. The lowest BCUT2D eigenvalue weighted by Crippen LogP contribution is -2.35. The smallest absolute Gasteiger partial charge is 0.338 e. The van der Waals surface area contributed by atoms with Gasteiger partial charge in [0.1, 0.15) is 5.76 Å². The Morgan fingerprint density at radius 2 is 1.59 bits per heavy atom. The van der Waals surface area contributed by atoms with E-state index < -0.39 is 38.7 Å². The van der Waals surface area contributed by atoms with Crippen LogP contribution >= 0.6 is 0 Å². The fourth-order valence-corrected chi connectivity index (χ4v) is 3.21. The summed E-state index contributed by atoms with van der Waals surface area (Å²) in [6.45, 7) is 11.7. The number of benzene rings is 1. The van der Waals surface area contributed by atoms with E-state index in [0.29, 0.717) is 5.56 Å². The third-order valence-electron chi connectivity index (χ3n) is 4.40. The average molecular weight is 467 g/mol. The maximum atomic E-state index is 13.3. The van der Waals surface area contributed by atoms with Crippen molar-refractivity contribution in [2.45, 2.75) is 54.9 Å². The van der Waals surface area contributed by atoms with Gasteiger partial charge in [-0.15, -0.1) is 5.06 Å². The predicted molar refractivity (Wildman–Crippen MR) is 121 cm³/mol. The molecule has 176 valence electrons. The van der Waals surface area contributed by atoms with Gasteiger partial charge in [-0.25, -0.2) is 13.2 Å². The van der Waals surface area contributed by atoms with Gasteiger partial charge in [0.2, 0.25) is 10.0 Å². The van der Waals surface area contributed by atoms with E-state index in [-0.39, 0.29) is 29.1 Å². The minimum absolute atomic E-state index is 0.0766. The van der Waals surface area contributed by atoms with Crippen molar-refractivity contribution in [3.8, 4) is 0 Å². The molecule has 0 spiro atoms. The van der Waals surface area contributed by atoms with E-state index in [1.807, 2.05) is 0 Å². The van der Waals surface area contributed by atoms with Gasteiger partial charge in [0, 0.05) is 12.0 Å². The normalized spacial score (nSPS) is 15.9. The van der Waals surface area contributed by atoms with E-state index >= 15 is 0 Å². The molecule has 32 heavy (non-hydrogen) atoms. The number of hydrogen-bond acceptors (Lipinski definition) is 7. The number of esters is 1. The van der Waals surface area contributed by atoms with Crippen LogP contribution in [0.5, 0.6) is 0 Å². The summed E-state index contributed by atoms with van der Waals surface area (Å²) in [6, 6.07) is 4.37. The number of carbonyl (C=O) groups excluding carboxylic acids is 3. The number of hydroxylamine groups is 1. The summed E-state index contributed by atoms with van der Waals surface area (Å²) in [5, 5.41) is 0.812. The molecule has 10 heteroatoms. The Labute approximate surface area is 188 Å². The van der Waals surface area contributed by atoms with Gasteiger partial charge in [-0.05, 0) is 59.7 Å². The monoisotopic (exact) mass is 466 g/mol. The molecule has 0 aromatic heterocycles. The molecule has 1 aliphatic heterocycles. The van der Waals surface area contributed by atoms with Crippen LogP contribution in [0.3, 0.4) is 0 Å². The standard InChI is InChI=1S/C22H30N2O7S/c1-9-16(30-19(26)21(2,3)4)17-14-11-10-13(23-32(8,28)29)12-15(14)24(18(17)25)31-20(27)22(5,6)7/h10-12,23H,9H2,1-8H3/b17-16-.